The quantitative estimate of drug-likeness (QED) is 0.218. The van der Waals surface area contributed by atoms with Gasteiger partial charge in [-0.05, 0) is 69.2 Å². The molecule has 2 aromatic rings. The first-order valence-corrected chi connectivity index (χ1v) is 13.2. The fourth-order valence-electron chi connectivity index (χ4n) is 5.17. The number of urea groups is 1. The van der Waals surface area contributed by atoms with Crippen LogP contribution in [-0.4, -0.2) is 80.8 Å². The minimum atomic E-state index is -2.61. The van der Waals surface area contributed by atoms with E-state index in [0.29, 0.717) is 19.4 Å². The molecule has 2 aliphatic heterocycles. The number of amides is 3. The number of anilines is 1. The number of likely N-dealkylation sites (tertiary alicyclic amines) is 1. The van der Waals surface area contributed by atoms with E-state index in [4.69, 9.17) is 0 Å². The Morgan fingerprint density at radius 3 is 2.54 bits per heavy atom. The molecule has 2 aliphatic rings. The topological polar surface area (TPSA) is 147 Å². The summed E-state index contributed by atoms with van der Waals surface area (Å²) in [6.45, 7) is 2.43. The molecule has 4 rings (SSSR count). The molecular weight excluding hydrogens is 512 g/mol. The molecule has 12 heteroatoms. The Hall–Kier alpha value is -3.35. The summed E-state index contributed by atoms with van der Waals surface area (Å²) in [4.78, 5) is 31.4. The van der Waals surface area contributed by atoms with Crippen LogP contribution in [0.5, 0.6) is 0 Å². The maximum atomic E-state index is 14.1. The van der Waals surface area contributed by atoms with Gasteiger partial charge in [0.1, 0.15) is 29.1 Å². The van der Waals surface area contributed by atoms with Gasteiger partial charge in [0.2, 0.25) is 0 Å². The molecule has 0 saturated carbocycles. The maximum absolute atomic E-state index is 14.1. The van der Waals surface area contributed by atoms with Gasteiger partial charge in [-0.1, -0.05) is 12.1 Å². The molecule has 1 saturated heterocycles. The van der Waals surface area contributed by atoms with Gasteiger partial charge in [-0.3, -0.25) is 4.79 Å². The lowest BCUT2D eigenvalue weighted by Crippen LogP contribution is -2.66. The number of aliphatic hydroxyl groups is 3. The van der Waals surface area contributed by atoms with Gasteiger partial charge in [0.25, 0.3) is 5.91 Å². The maximum Gasteiger partial charge on any atom is 0.317 e. The van der Waals surface area contributed by atoms with Crippen LogP contribution in [0, 0.1) is 11.6 Å². The molecule has 1 atom stereocenters. The van der Waals surface area contributed by atoms with Gasteiger partial charge in [-0.25, -0.2) is 18.6 Å². The number of aryl methyl sites for hydroxylation is 2. The first-order chi connectivity index (χ1) is 18.5. The summed E-state index contributed by atoms with van der Waals surface area (Å²) in [5.41, 5.74) is -0.584. The SMILES string of the molecule is CC(O)(O)C(NC(=O)c1c(F)cccc1F)C1(O)CCN(C(=O)NCCCc2ccc3c(n2)NCCC3)CC1. The van der Waals surface area contributed by atoms with Crippen LogP contribution in [0.4, 0.5) is 19.4 Å². The molecule has 212 valence electrons. The molecular formula is C27H35F2N5O5. The highest BCUT2D eigenvalue weighted by atomic mass is 19.1. The van der Waals surface area contributed by atoms with Gasteiger partial charge >= 0.3 is 6.03 Å². The highest BCUT2D eigenvalue weighted by Crippen LogP contribution is 2.31. The normalized spacial score (nSPS) is 17.5. The van der Waals surface area contributed by atoms with Gasteiger partial charge in [0, 0.05) is 31.9 Å². The molecule has 1 unspecified atom stereocenters. The lowest BCUT2D eigenvalue weighted by molar-refractivity contribution is -0.213. The fourth-order valence-corrected chi connectivity index (χ4v) is 5.17. The van der Waals surface area contributed by atoms with E-state index in [0.717, 1.165) is 56.0 Å². The van der Waals surface area contributed by atoms with Crippen molar-refractivity contribution in [2.75, 3.05) is 31.5 Å². The monoisotopic (exact) mass is 547 g/mol. The molecule has 3 amide bonds. The lowest BCUT2D eigenvalue weighted by Gasteiger charge is -2.46. The second-order valence-corrected chi connectivity index (χ2v) is 10.4. The Balaban J connectivity index is 1.29. The predicted octanol–water partition coefficient (Wildman–Crippen LogP) is 1.69. The number of benzene rings is 1. The van der Waals surface area contributed by atoms with Crippen LogP contribution in [0.25, 0.3) is 0 Å². The minimum absolute atomic E-state index is 0.0664. The number of fused-ring (bicyclic) bond motifs is 1. The Morgan fingerprint density at radius 2 is 1.87 bits per heavy atom. The first kappa shape index (κ1) is 28.7. The number of nitrogens with one attached hydrogen (secondary N) is 3. The smallest absolute Gasteiger partial charge is 0.317 e. The van der Waals surface area contributed by atoms with E-state index in [1.165, 1.54) is 10.5 Å². The van der Waals surface area contributed by atoms with Crippen molar-refractivity contribution in [2.24, 2.45) is 0 Å². The van der Waals surface area contributed by atoms with Crippen molar-refractivity contribution in [1.82, 2.24) is 20.5 Å². The lowest BCUT2D eigenvalue weighted by atomic mass is 9.80. The van der Waals surface area contributed by atoms with Gasteiger partial charge in [-0.15, -0.1) is 0 Å². The molecule has 0 radical (unpaired) electrons. The number of hydrogen-bond donors (Lipinski definition) is 6. The summed E-state index contributed by atoms with van der Waals surface area (Å²) < 4.78 is 28.1. The van der Waals surface area contributed by atoms with Crippen LogP contribution in [0.3, 0.4) is 0 Å². The standard InChI is InChI=1S/C27H35F2N5O5/c1-26(37,38)24(33-23(35)21-19(28)7-2-8-20(21)29)27(39)11-15-34(16-12-27)25(36)31-14-4-6-18-10-9-17-5-3-13-30-22(17)32-18/h2,7-10,24,37-39H,3-6,11-16H2,1H3,(H,30,32)(H,31,36)(H,33,35). The van der Waals surface area contributed by atoms with Crippen molar-refractivity contribution in [3.8, 4) is 0 Å². The van der Waals surface area contributed by atoms with Crippen molar-refractivity contribution < 1.29 is 33.7 Å². The summed E-state index contributed by atoms with van der Waals surface area (Å²) in [6, 6.07) is 4.97. The summed E-state index contributed by atoms with van der Waals surface area (Å²) in [5.74, 6) is -5.17. The van der Waals surface area contributed by atoms with Gasteiger partial charge in [0.15, 0.2) is 5.79 Å². The summed E-state index contributed by atoms with van der Waals surface area (Å²) >= 11 is 0. The Labute approximate surface area is 225 Å². The average Bonchev–Trinajstić information content (AvgIpc) is 2.89. The minimum Gasteiger partial charge on any atom is -0.387 e. The number of aromatic nitrogens is 1. The zero-order chi connectivity index (χ0) is 28.2. The number of carbonyl (C=O) groups is 2. The number of carbonyl (C=O) groups excluding carboxylic acids is 2. The molecule has 0 aliphatic carbocycles. The summed E-state index contributed by atoms with van der Waals surface area (Å²) in [6.07, 6.45) is 3.29. The second kappa shape index (κ2) is 11.8. The van der Waals surface area contributed by atoms with Crippen LogP contribution in [0.2, 0.25) is 0 Å². The van der Waals surface area contributed by atoms with Crippen molar-refractivity contribution >= 4 is 17.8 Å². The number of pyridine rings is 1. The molecule has 10 nitrogen and oxygen atoms in total. The third-order valence-corrected chi connectivity index (χ3v) is 7.30. The van der Waals surface area contributed by atoms with Crippen LogP contribution in [-0.2, 0) is 12.8 Å². The molecule has 1 fully saturated rings. The average molecular weight is 548 g/mol. The van der Waals surface area contributed by atoms with E-state index >= 15 is 0 Å². The number of piperidine rings is 1. The van der Waals surface area contributed by atoms with E-state index in [9.17, 15) is 33.7 Å². The van der Waals surface area contributed by atoms with Crippen molar-refractivity contribution in [3.05, 3.63) is 58.8 Å². The zero-order valence-electron chi connectivity index (χ0n) is 21.8. The third-order valence-electron chi connectivity index (χ3n) is 7.30. The zero-order valence-corrected chi connectivity index (χ0v) is 21.8. The van der Waals surface area contributed by atoms with E-state index in [1.54, 1.807) is 0 Å². The molecule has 0 spiro atoms. The van der Waals surface area contributed by atoms with E-state index < -0.39 is 40.5 Å². The Morgan fingerprint density at radius 1 is 1.18 bits per heavy atom. The molecule has 39 heavy (non-hydrogen) atoms. The molecule has 6 N–H and O–H groups in total. The van der Waals surface area contributed by atoms with Crippen LogP contribution < -0.4 is 16.0 Å². The Kier molecular flexibility index (Phi) is 8.67. The molecule has 0 bridgehead atoms. The van der Waals surface area contributed by atoms with Crippen molar-refractivity contribution in [3.63, 3.8) is 0 Å². The van der Waals surface area contributed by atoms with Crippen LogP contribution in [0.1, 0.15) is 54.2 Å². The Bertz CT molecular complexity index is 1180. The van der Waals surface area contributed by atoms with Gasteiger partial charge in [-0.2, -0.15) is 0 Å². The predicted molar refractivity (Wildman–Crippen MR) is 139 cm³/mol. The fraction of sp³-hybridized carbons (Fsp3) is 0.519. The van der Waals surface area contributed by atoms with Crippen LogP contribution in [0.15, 0.2) is 30.3 Å². The van der Waals surface area contributed by atoms with Crippen molar-refractivity contribution in [2.45, 2.75) is 62.9 Å². The highest BCUT2D eigenvalue weighted by Gasteiger charge is 2.49. The van der Waals surface area contributed by atoms with Crippen molar-refractivity contribution in [1.29, 1.82) is 0 Å². The third kappa shape index (κ3) is 6.81. The number of rotatable bonds is 8. The number of nitrogens with zero attached hydrogens (tertiary/aromatic N) is 2. The van der Waals surface area contributed by atoms with Crippen LogP contribution >= 0.6 is 0 Å². The summed E-state index contributed by atoms with van der Waals surface area (Å²) in [7, 11) is 0. The van der Waals surface area contributed by atoms with E-state index in [1.807, 2.05) is 6.07 Å². The molecule has 3 heterocycles. The molecule has 1 aromatic carbocycles. The summed E-state index contributed by atoms with van der Waals surface area (Å²) in [5, 5.41) is 40.2. The van der Waals surface area contributed by atoms with E-state index in [2.05, 4.69) is 27.0 Å². The molecule has 1 aromatic heterocycles. The number of halogens is 2. The second-order valence-electron chi connectivity index (χ2n) is 10.4. The largest absolute Gasteiger partial charge is 0.387 e. The first-order valence-electron chi connectivity index (χ1n) is 13.2. The van der Waals surface area contributed by atoms with Gasteiger partial charge in [0.05, 0.1) is 5.60 Å². The highest BCUT2D eigenvalue weighted by molar-refractivity contribution is 5.95. The number of hydrogen-bond acceptors (Lipinski definition) is 7. The van der Waals surface area contributed by atoms with E-state index in [-0.39, 0.29) is 32.0 Å². The van der Waals surface area contributed by atoms with Gasteiger partial charge < -0.3 is 36.2 Å².